The molecule has 0 rings (SSSR count). The zero-order chi connectivity index (χ0) is 11.2. The molecule has 0 aliphatic carbocycles. The Morgan fingerprint density at radius 1 is 1.57 bits per heavy atom. The molecular weight excluding hydrogens is 222 g/mol. The van der Waals surface area contributed by atoms with Gasteiger partial charge in [0.2, 0.25) is 0 Å². The lowest BCUT2D eigenvalue weighted by Crippen LogP contribution is -2.48. The van der Waals surface area contributed by atoms with Crippen molar-refractivity contribution in [3.63, 3.8) is 0 Å². The molecule has 84 valence electrons. The average Bonchev–Trinajstić information content (AvgIpc) is 2.04. The fourth-order valence-electron chi connectivity index (χ4n) is 1.05. The number of aliphatic hydroxyl groups is 1. The van der Waals surface area contributed by atoms with E-state index in [0.717, 1.165) is 0 Å². The first-order valence-electron chi connectivity index (χ1n) is 4.27. The molecule has 4 nitrogen and oxygen atoms in total. The summed E-state index contributed by atoms with van der Waals surface area (Å²) in [7, 11) is 4.60. The van der Waals surface area contributed by atoms with Crippen molar-refractivity contribution >= 4 is 27.6 Å². The number of hydrogen-bond donors (Lipinski definition) is 3. The fraction of sp³-hybridized carbons (Fsp3) is 0.875. The van der Waals surface area contributed by atoms with Gasteiger partial charge in [-0.2, -0.15) is 0 Å². The van der Waals surface area contributed by atoms with Gasteiger partial charge in [0.05, 0.1) is 6.61 Å². The summed E-state index contributed by atoms with van der Waals surface area (Å²) < 4.78 is -0.402. The predicted octanol–water partition coefficient (Wildman–Crippen LogP) is 0.811. The number of aliphatic hydroxyl groups excluding tert-OH is 1. The highest BCUT2D eigenvalue weighted by Crippen LogP contribution is 2.37. The summed E-state index contributed by atoms with van der Waals surface area (Å²) >= 11 is 0. The maximum atomic E-state index is 10.9. The summed E-state index contributed by atoms with van der Waals surface area (Å²) in [6.07, 6.45) is 0. The van der Waals surface area contributed by atoms with Gasteiger partial charge in [0.1, 0.15) is 6.04 Å². The van der Waals surface area contributed by atoms with E-state index in [0.29, 0.717) is 5.75 Å². The molecule has 1 atom stereocenters. The van der Waals surface area contributed by atoms with Gasteiger partial charge in [-0.25, -0.2) is 0 Å². The monoisotopic (exact) mass is 239 g/mol. The molecular formula is C8H17NO3S2. The van der Waals surface area contributed by atoms with Crippen LogP contribution in [0.5, 0.6) is 0 Å². The Kier molecular flexibility index (Phi) is 6.59. The molecule has 0 heterocycles. The van der Waals surface area contributed by atoms with Gasteiger partial charge >= 0.3 is 5.97 Å². The van der Waals surface area contributed by atoms with Crippen LogP contribution in [0, 0.1) is 0 Å². The highest BCUT2D eigenvalue weighted by atomic mass is 33.1. The molecule has 14 heavy (non-hydrogen) atoms. The Bertz CT molecular complexity index is 187. The van der Waals surface area contributed by atoms with Gasteiger partial charge in [0.25, 0.3) is 0 Å². The van der Waals surface area contributed by atoms with Crippen LogP contribution < -0.4 is 5.32 Å². The summed E-state index contributed by atoms with van der Waals surface area (Å²) in [5.74, 6) is -0.237. The van der Waals surface area contributed by atoms with E-state index < -0.39 is 16.8 Å². The number of rotatable bonds is 7. The SMILES string of the molecule is CNC(C(=O)O)C(C)(C)SSCCO. The minimum Gasteiger partial charge on any atom is -0.480 e. The molecule has 0 spiro atoms. The molecule has 1 unspecified atom stereocenters. The van der Waals surface area contributed by atoms with Gasteiger partial charge in [-0.15, -0.1) is 0 Å². The standard InChI is InChI=1S/C8H17NO3S2/c1-8(2,14-13-5-4-10)6(9-3)7(11)12/h6,9-10H,4-5H2,1-3H3,(H,11,12). The van der Waals surface area contributed by atoms with Gasteiger partial charge in [-0.05, 0) is 20.9 Å². The second-order valence-electron chi connectivity index (χ2n) is 3.29. The van der Waals surface area contributed by atoms with Crippen LogP contribution >= 0.6 is 21.6 Å². The summed E-state index contributed by atoms with van der Waals surface area (Å²) in [6, 6.07) is -0.585. The molecule has 0 bridgehead atoms. The van der Waals surface area contributed by atoms with E-state index in [1.807, 2.05) is 13.8 Å². The Morgan fingerprint density at radius 2 is 2.14 bits per heavy atom. The minimum atomic E-state index is -0.852. The predicted molar refractivity (Wildman–Crippen MR) is 61.7 cm³/mol. The number of hydrogen-bond acceptors (Lipinski definition) is 5. The van der Waals surface area contributed by atoms with E-state index in [2.05, 4.69) is 5.32 Å². The Morgan fingerprint density at radius 3 is 2.50 bits per heavy atom. The van der Waals surface area contributed by atoms with E-state index in [1.54, 1.807) is 7.05 Å². The summed E-state index contributed by atoms with van der Waals surface area (Å²) in [6.45, 7) is 3.86. The second-order valence-corrected chi connectivity index (χ2v) is 6.36. The third kappa shape index (κ3) is 4.54. The maximum Gasteiger partial charge on any atom is 0.322 e. The highest BCUT2D eigenvalue weighted by Gasteiger charge is 2.34. The second kappa shape index (κ2) is 6.55. The average molecular weight is 239 g/mol. The van der Waals surface area contributed by atoms with Crippen LogP contribution in [0.2, 0.25) is 0 Å². The Hall–Kier alpha value is 0.0900. The lowest BCUT2D eigenvalue weighted by molar-refractivity contribution is -0.139. The van der Waals surface area contributed by atoms with Gasteiger partial charge in [-0.1, -0.05) is 21.6 Å². The first-order chi connectivity index (χ1) is 6.45. The third-order valence-corrected chi connectivity index (χ3v) is 4.95. The number of carboxylic acid groups (broad SMARTS) is 1. The normalized spacial score (nSPS) is 14.0. The van der Waals surface area contributed by atoms with Crippen LogP contribution in [0.25, 0.3) is 0 Å². The van der Waals surface area contributed by atoms with Crippen LogP contribution in [0.1, 0.15) is 13.8 Å². The van der Waals surface area contributed by atoms with E-state index in [1.165, 1.54) is 21.6 Å². The number of aliphatic carboxylic acids is 1. The van der Waals surface area contributed by atoms with E-state index in [9.17, 15) is 4.79 Å². The minimum absolute atomic E-state index is 0.116. The molecule has 0 saturated carbocycles. The van der Waals surface area contributed by atoms with Crippen molar-refractivity contribution < 1.29 is 15.0 Å². The van der Waals surface area contributed by atoms with Crippen LogP contribution in [0.4, 0.5) is 0 Å². The van der Waals surface area contributed by atoms with Crippen LogP contribution in [0.15, 0.2) is 0 Å². The number of carbonyl (C=O) groups is 1. The van der Waals surface area contributed by atoms with Crippen molar-refractivity contribution in [2.75, 3.05) is 19.4 Å². The van der Waals surface area contributed by atoms with Gasteiger partial charge in [0, 0.05) is 10.5 Å². The van der Waals surface area contributed by atoms with Crippen molar-refractivity contribution in [1.29, 1.82) is 0 Å². The van der Waals surface area contributed by atoms with Crippen molar-refractivity contribution in [1.82, 2.24) is 5.32 Å². The van der Waals surface area contributed by atoms with Crippen molar-refractivity contribution in [2.45, 2.75) is 24.6 Å². The fourth-order valence-corrected chi connectivity index (χ4v) is 3.50. The highest BCUT2D eigenvalue weighted by molar-refractivity contribution is 8.77. The largest absolute Gasteiger partial charge is 0.480 e. The van der Waals surface area contributed by atoms with E-state index in [-0.39, 0.29) is 6.61 Å². The number of nitrogens with one attached hydrogen (secondary N) is 1. The topological polar surface area (TPSA) is 69.6 Å². The molecule has 0 aromatic rings. The summed E-state index contributed by atoms with van der Waals surface area (Å²) in [5, 5.41) is 20.3. The van der Waals surface area contributed by atoms with Crippen molar-refractivity contribution in [3.05, 3.63) is 0 Å². The Labute approximate surface area is 92.2 Å². The van der Waals surface area contributed by atoms with Crippen molar-refractivity contribution in [3.8, 4) is 0 Å². The number of carboxylic acids is 1. The molecule has 0 aromatic heterocycles. The van der Waals surface area contributed by atoms with Crippen LogP contribution in [0.3, 0.4) is 0 Å². The lowest BCUT2D eigenvalue weighted by Gasteiger charge is -2.29. The van der Waals surface area contributed by atoms with E-state index in [4.69, 9.17) is 10.2 Å². The number of likely N-dealkylation sites (N-methyl/N-ethyl adjacent to an activating group) is 1. The first-order valence-corrected chi connectivity index (χ1v) is 6.59. The summed E-state index contributed by atoms with van der Waals surface area (Å²) in [4.78, 5) is 10.9. The van der Waals surface area contributed by atoms with Crippen LogP contribution in [-0.4, -0.2) is 46.4 Å². The smallest absolute Gasteiger partial charge is 0.322 e. The lowest BCUT2D eigenvalue weighted by atomic mass is 10.0. The summed E-state index contributed by atoms with van der Waals surface area (Å²) in [5.41, 5.74) is 0. The molecule has 0 aliphatic rings. The molecule has 6 heteroatoms. The first kappa shape index (κ1) is 14.1. The Balaban J connectivity index is 4.18. The van der Waals surface area contributed by atoms with Gasteiger partial charge < -0.3 is 15.5 Å². The molecule has 0 fully saturated rings. The van der Waals surface area contributed by atoms with Gasteiger partial charge in [-0.3, -0.25) is 4.79 Å². The third-order valence-electron chi connectivity index (χ3n) is 1.68. The van der Waals surface area contributed by atoms with Crippen LogP contribution in [-0.2, 0) is 4.79 Å². The van der Waals surface area contributed by atoms with E-state index >= 15 is 0 Å². The quantitative estimate of drug-likeness (QED) is 0.451. The molecule has 0 aliphatic heterocycles. The molecule has 0 aromatic carbocycles. The molecule has 0 saturated heterocycles. The molecule has 0 radical (unpaired) electrons. The molecule has 3 N–H and O–H groups in total. The zero-order valence-corrected chi connectivity index (χ0v) is 10.2. The van der Waals surface area contributed by atoms with Gasteiger partial charge in [0.15, 0.2) is 0 Å². The zero-order valence-electron chi connectivity index (χ0n) is 8.61. The molecule has 0 amide bonds. The maximum absolute atomic E-state index is 10.9. The van der Waals surface area contributed by atoms with Crippen molar-refractivity contribution in [2.24, 2.45) is 0 Å².